The molecule has 0 saturated carbocycles. The summed E-state index contributed by atoms with van der Waals surface area (Å²) < 4.78 is 0. The number of guanidine groups is 1. The van der Waals surface area contributed by atoms with Crippen LogP contribution in [0.25, 0.3) is 0 Å². The first-order valence-electron chi connectivity index (χ1n) is 9.85. The van der Waals surface area contributed by atoms with E-state index in [1.54, 1.807) is 7.05 Å². The lowest BCUT2D eigenvalue weighted by molar-refractivity contribution is 0.0963. The maximum Gasteiger partial charge on any atom is 0.251 e. The van der Waals surface area contributed by atoms with Crippen molar-refractivity contribution in [1.29, 1.82) is 0 Å². The average molecular weight is 382 g/mol. The molecule has 0 aliphatic heterocycles. The van der Waals surface area contributed by atoms with Gasteiger partial charge in [0, 0.05) is 44.5 Å². The molecule has 2 aromatic carbocycles. The first-order valence-corrected chi connectivity index (χ1v) is 9.85. The first-order chi connectivity index (χ1) is 13.7. The zero-order valence-corrected chi connectivity index (χ0v) is 16.8. The van der Waals surface area contributed by atoms with Gasteiger partial charge in [0.15, 0.2) is 5.96 Å². The number of amides is 1. The SMILES string of the molecule is CCNC(=NCCCNc1ccccc1)NCCc1cccc(C(=O)NC)c1. The molecule has 150 valence electrons. The Bertz CT molecular complexity index is 746. The molecule has 0 spiro atoms. The third-order valence-corrected chi connectivity index (χ3v) is 4.17. The third-order valence-electron chi connectivity index (χ3n) is 4.17. The second-order valence-corrected chi connectivity index (χ2v) is 6.36. The summed E-state index contributed by atoms with van der Waals surface area (Å²) in [7, 11) is 1.64. The molecule has 0 unspecified atom stereocenters. The van der Waals surface area contributed by atoms with Gasteiger partial charge in [-0.1, -0.05) is 30.3 Å². The van der Waals surface area contributed by atoms with Crippen molar-refractivity contribution in [2.75, 3.05) is 38.5 Å². The Morgan fingerprint density at radius 1 is 1.00 bits per heavy atom. The van der Waals surface area contributed by atoms with Crippen molar-refractivity contribution in [1.82, 2.24) is 16.0 Å². The number of anilines is 1. The first kappa shape index (κ1) is 21.3. The Hall–Kier alpha value is -3.02. The highest BCUT2D eigenvalue weighted by atomic mass is 16.1. The van der Waals surface area contributed by atoms with Crippen LogP contribution in [0.1, 0.15) is 29.3 Å². The fourth-order valence-corrected chi connectivity index (χ4v) is 2.74. The lowest BCUT2D eigenvalue weighted by Crippen LogP contribution is -2.38. The fraction of sp³-hybridized carbons (Fsp3) is 0.364. The van der Waals surface area contributed by atoms with Crippen LogP contribution in [0.4, 0.5) is 5.69 Å². The molecule has 1 amide bonds. The van der Waals surface area contributed by atoms with Gasteiger partial charge < -0.3 is 21.3 Å². The zero-order chi connectivity index (χ0) is 20.0. The number of hydrogen-bond acceptors (Lipinski definition) is 3. The van der Waals surface area contributed by atoms with Crippen LogP contribution < -0.4 is 21.3 Å². The van der Waals surface area contributed by atoms with Gasteiger partial charge in [-0.25, -0.2) is 0 Å². The Labute approximate surface area is 167 Å². The second-order valence-electron chi connectivity index (χ2n) is 6.36. The molecule has 4 N–H and O–H groups in total. The van der Waals surface area contributed by atoms with E-state index in [2.05, 4.69) is 45.3 Å². The van der Waals surface area contributed by atoms with Gasteiger partial charge in [0.1, 0.15) is 0 Å². The summed E-state index contributed by atoms with van der Waals surface area (Å²) in [6.07, 6.45) is 1.78. The molecule has 2 aromatic rings. The van der Waals surface area contributed by atoms with Crippen LogP contribution in [-0.2, 0) is 6.42 Å². The third kappa shape index (κ3) is 7.70. The standard InChI is InChI=1S/C22H31N5O/c1-3-24-22(26-15-8-14-25-20-11-5-4-6-12-20)27-16-13-18-9-7-10-19(17-18)21(28)23-2/h4-7,9-12,17,25H,3,8,13-16H2,1-2H3,(H,23,28)(H2,24,26,27). The van der Waals surface area contributed by atoms with Crippen molar-refractivity contribution in [2.45, 2.75) is 19.8 Å². The molecule has 0 bridgehead atoms. The number of carbonyl (C=O) groups excluding carboxylic acids is 1. The van der Waals surface area contributed by atoms with Crippen molar-refractivity contribution in [3.8, 4) is 0 Å². The predicted molar refractivity (Wildman–Crippen MR) is 117 cm³/mol. The van der Waals surface area contributed by atoms with E-state index in [1.165, 1.54) is 0 Å². The number of para-hydroxylation sites is 1. The molecule has 2 rings (SSSR count). The topological polar surface area (TPSA) is 77.6 Å². The van der Waals surface area contributed by atoms with Crippen molar-refractivity contribution < 1.29 is 4.79 Å². The minimum Gasteiger partial charge on any atom is -0.385 e. The van der Waals surface area contributed by atoms with E-state index in [-0.39, 0.29) is 5.91 Å². The van der Waals surface area contributed by atoms with E-state index in [9.17, 15) is 4.79 Å². The number of carbonyl (C=O) groups is 1. The molecule has 6 heteroatoms. The quantitative estimate of drug-likeness (QED) is 0.290. The molecule has 6 nitrogen and oxygen atoms in total. The smallest absolute Gasteiger partial charge is 0.251 e. The minimum atomic E-state index is -0.0613. The van der Waals surface area contributed by atoms with Crippen LogP contribution in [0.15, 0.2) is 59.6 Å². The van der Waals surface area contributed by atoms with E-state index in [4.69, 9.17) is 0 Å². The molecule has 0 fully saturated rings. The van der Waals surface area contributed by atoms with Crippen molar-refractivity contribution >= 4 is 17.6 Å². The summed E-state index contributed by atoms with van der Waals surface area (Å²) in [5, 5.41) is 12.7. The van der Waals surface area contributed by atoms with E-state index in [1.807, 2.05) is 42.5 Å². The highest BCUT2D eigenvalue weighted by Crippen LogP contribution is 2.06. The molecule has 0 heterocycles. The van der Waals surface area contributed by atoms with Gasteiger partial charge in [-0.05, 0) is 49.6 Å². The van der Waals surface area contributed by atoms with E-state index >= 15 is 0 Å². The van der Waals surface area contributed by atoms with Gasteiger partial charge in [0.05, 0.1) is 0 Å². The Morgan fingerprint density at radius 3 is 2.57 bits per heavy atom. The van der Waals surface area contributed by atoms with Crippen molar-refractivity contribution in [3.63, 3.8) is 0 Å². The summed E-state index contributed by atoms with van der Waals surface area (Å²) in [5.74, 6) is 0.762. The zero-order valence-electron chi connectivity index (χ0n) is 16.8. The van der Waals surface area contributed by atoms with Crippen molar-refractivity contribution in [3.05, 3.63) is 65.7 Å². The molecular weight excluding hydrogens is 350 g/mol. The summed E-state index contributed by atoms with van der Waals surface area (Å²) in [4.78, 5) is 16.4. The van der Waals surface area contributed by atoms with E-state index in [0.717, 1.165) is 56.2 Å². The molecular formula is C22H31N5O. The predicted octanol–water partition coefficient (Wildman–Crippen LogP) is 2.65. The molecule has 0 saturated heterocycles. The van der Waals surface area contributed by atoms with Crippen LogP contribution in [0.2, 0.25) is 0 Å². The average Bonchev–Trinajstić information content (AvgIpc) is 2.74. The molecule has 0 aliphatic rings. The van der Waals surface area contributed by atoms with Crippen LogP contribution in [0, 0.1) is 0 Å². The van der Waals surface area contributed by atoms with Gasteiger partial charge in [0.25, 0.3) is 5.91 Å². The summed E-state index contributed by atoms with van der Waals surface area (Å²) in [5.41, 5.74) is 2.94. The molecule has 0 aliphatic carbocycles. The Kier molecular flexibility index (Phi) is 9.41. The normalized spacial score (nSPS) is 11.0. The molecule has 0 aromatic heterocycles. The Morgan fingerprint density at radius 2 is 1.82 bits per heavy atom. The highest BCUT2D eigenvalue weighted by molar-refractivity contribution is 5.94. The van der Waals surface area contributed by atoms with Crippen LogP contribution in [0.3, 0.4) is 0 Å². The minimum absolute atomic E-state index is 0.0613. The number of hydrogen-bond donors (Lipinski definition) is 4. The van der Waals surface area contributed by atoms with E-state index in [0.29, 0.717) is 5.56 Å². The number of nitrogens with one attached hydrogen (secondary N) is 4. The van der Waals surface area contributed by atoms with E-state index < -0.39 is 0 Å². The van der Waals surface area contributed by atoms with Gasteiger partial charge in [-0.15, -0.1) is 0 Å². The largest absolute Gasteiger partial charge is 0.385 e. The number of rotatable bonds is 10. The number of benzene rings is 2. The maximum atomic E-state index is 11.7. The monoisotopic (exact) mass is 381 g/mol. The van der Waals surface area contributed by atoms with Gasteiger partial charge in [0.2, 0.25) is 0 Å². The highest BCUT2D eigenvalue weighted by Gasteiger charge is 2.04. The number of aliphatic imine (C=N–C) groups is 1. The molecule has 28 heavy (non-hydrogen) atoms. The molecule has 0 atom stereocenters. The summed E-state index contributed by atoms with van der Waals surface area (Å²) in [6.45, 7) is 5.27. The fourth-order valence-electron chi connectivity index (χ4n) is 2.74. The van der Waals surface area contributed by atoms with Crippen LogP contribution in [-0.4, -0.2) is 45.1 Å². The number of nitrogens with zero attached hydrogens (tertiary/aromatic N) is 1. The molecule has 0 radical (unpaired) electrons. The van der Waals surface area contributed by atoms with Crippen LogP contribution in [0.5, 0.6) is 0 Å². The summed E-state index contributed by atoms with van der Waals surface area (Å²) in [6, 6.07) is 17.9. The lowest BCUT2D eigenvalue weighted by Gasteiger charge is -2.12. The van der Waals surface area contributed by atoms with Crippen LogP contribution >= 0.6 is 0 Å². The Balaban J connectivity index is 1.74. The van der Waals surface area contributed by atoms with Gasteiger partial charge >= 0.3 is 0 Å². The lowest BCUT2D eigenvalue weighted by atomic mass is 10.1. The summed E-state index contributed by atoms with van der Waals surface area (Å²) >= 11 is 0. The van der Waals surface area contributed by atoms with Gasteiger partial charge in [-0.2, -0.15) is 0 Å². The van der Waals surface area contributed by atoms with Gasteiger partial charge in [-0.3, -0.25) is 9.79 Å². The maximum absolute atomic E-state index is 11.7. The second kappa shape index (κ2) is 12.4. The van der Waals surface area contributed by atoms with Crippen molar-refractivity contribution in [2.24, 2.45) is 4.99 Å².